The predicted octanol–water partition coefficient (Wildman–Crippen LogP) is 0.733. The van der Waals surface area contributed by atoms with Crippen LogP contribution in [0.25, 0.3) is 0 Å². The zero-order valence-electron chi connectivity index (χ0n) is 15.6. The number of H-pyrrole nitrogens is 1. The fourth-order valence-electron chi connectivity index (χ4n) is 3.98. The molecular weight excluding hydrogens is 332 g/mol. The summed E-state index contributed by atoms with van der Waals surface area (Å²) in [7, 11) is 2.07. The third-order valence-electron chi connectivity index (χ3n) is 5.63. The van der Waals surface area contributed by atoms with Crippen LogP contribution in [0.1, 0.15) is 27.6 Å². The van der Waals surface area contributed by atoms with Gasteiger partial charge in [0.1, 0.15) is 5.82 Å². The van der Waals surface area contributed by atoms with E-state index in [-0.39, 0.29) is 11.9 Å². The van der Waals surface area contributed by atoms with Crippen molar-refractivity contribution < 1.29 is 9.53 Å². The van der Waals surface area contributed by atoms with Crippen LogP contribution in [0.4, 0.5) is 0 Å². The number of nitrogens with zero attached hydrogens (tertiary/aromatic N) is 5. The van der Waals surface area contributed by atoms with E-state index in [4.69, 9.17) is 9.72 Å². The van der Waals surface area contributed by atoms with Crippen molar-refractivity contribution in [3.05, 3.63) is 35.2 Å². The van der Waals surface area contributed by atoms with Gasteiger partial charge >= 0.3 is 0 Å². The van der Waals surface area contributed by atoms with Gasteiger partial charge in [-0.2, -0.15) is 5.10 Å². The van der Waals surface area contributed by atoms with Crippen molar-refractivity contribution in [2.45, 2.75) is 26.4 Å². The van der Waals surface area contributed by atoms with E-state index in [0.29, 0.717) is 24.7 Å². The molecule has 2 aliphatic heterocycles. The minimum atomic E-state index is 0.0322. The number of aromatic nitrogens is 4. The van der Waals surface area contributed by atoms with Gasteiger partial charge < -0.3 is 14.2 Å². The number of fused-ring (bicyclic) bond motifs is 3. The topological polar surface area (TPSA) is 79.3 Å². The average Bonchev–Trinajstić information content (AvgIpc) is 3.10. The first-order chi connectivity index (χ1) is 12.5. The fraction of sp³-hybridized carbons (Fsp3) is 0.611. The van der Waals surface area contributed by atoms with Crippen LogP contribution in [-0.4, -0.2) is 74.3 Å². The second-order valence-corrected chi connectivity index (χ2v) is 7.45. The largest absolute Gasteiger partial charge is 0.379 e. The van der Waals surface area contributed by atoms with Crippen LogP contribution in [0, 0.1) is 19.8 Å². The summed E-state index contributed by atoms with van der Waals surface area (Å²) in [5.74, 6) is 1.42. The number of nitrogens with one attached hydrogen (secondary N) is 1. The lowest BCUT2D eigenvalue weighted by Gasteiger charge is -2.30. The van der Waals surface area contributed by atoms with E-state index in [1.54, 1.807) is 12.4 Å². The van der Waals surface area contributed by atoms with Crippen molar-refractivity contribution >= 4 is 5.91 Å². The SMILES string of the molecule is Cc1nc(CN2C[C@@H]3COC[C@H](C2)N(C(=O)c2cn[nH]c2)C3)n(C)c1C. The van der Waals surface area contributed by atoms with E-state index < -0.39 is 0 Å². The van der Waals surface area contributed by atoms with E-state index in [9.17, 15) is 4.79 Å². The summed E-state index contributed by atoms with van der Waals surface area (Å²) in [6.45, 7) is 8.66. The Kier molecular flexibility index (Phi) is 4.54. The minimum absolute atomic E-state index is 0.0322. The van der Waals surface area contributed by atoms with E-state index in [1.165, 1.54) is 5.69 Å². The Morgan fingerprint density at radius 2 is 2.15 bits per heavy atom. The van der Waals surface area contributed by atoms with Crippen molar-refractivity contribution in [1.82, 2.24) is 29.5 Å². The number of aryl methyl sites for hydroxylation is 1. The number of aromatic amines is 1. The van der Waals surface area contributed by atoms with E-state index in [2.05, 4.69) is 40.6 Å². The Labute approximate surface area is 153 Å². The zero-order valence-corrected chi connectivity index (χ0v) is 15.6. The van der Waals surface area contributed by atoms with Crippen molar-refractivity contribution in [3.8, 4) is 0 Å². The van der Waals surface area contributed by atoms with Gasteiger partial charge in [-0.1, -0.05) is 0 Å². The molecule has 2 fully saturated rings. The predicted molar refractivity (Wildman–Crippen MR) is 95.7 cm³/mol. The molecule has 2 aliphatic rings. The third kappa shape index (κ3) is 3.14. The van der Waals surface area contributed by atoms with Crippen molar-refractivity contribution in [2.75, 3.05) is 32.8 Å². The molecule has 8 heteroatoms. The molecule has 1 amide bonds. The molecule has 2 atom stereocenters. The molecule has 2 bridgehead atoms. The van der Waals surface area contributed by atoms with Gasteiger partial charge in [-0.25, -0.2) is 4.98 Å². The maximum Gasteiger partial charge on any atom is 0.257 e. The Bertz CT molecular complexity index is 784. The van der Waals surface area contributed by atoms with Crippen LogP contribution in [0.2, 0.25) is 0 Å². The molecule has 1 N–H and O–H groups in total. The third-order valence-corrected chi connectivity index (χ3v) is 5.63. The van der Waals surface area contributed by atoms with E-state index in [0.717, 1.165) is 37.7 Å². The van der Waals surface area contributed by atoms with E-state index >= 15 is 0 Å². The molecule has 2 aromatic rings. The van der Waals surface area contributed by atoms with Crippen LogP contribution < -0.4 is 0 Å². The molecule has 0 unspecified atom stereocenters. The lowest BCUT2D eigenvalue weighted by molar-refractivity contribution is 0.0417. The number of hydrogen-bond acceptors (Lipinski definition) is 5. The molecule has 2 saturated heterocycles. The molecular formula is C18H26N6O2. The molecule has 2 aromatic heterocycles. The molecule has 4 heterocycles. The van der Waals surface area contributed by atoms with Crippen molar-refractivity contribution in [1.29, 1.82) is 0 Å². The Morgan fingerprint density at radius 3 is 2.85 bits per heavy atom. The first kappa shape index (κ1) is 17.2. The van der Waals surface area contributed by atoms with Gasteiger partial charge in [0.15, 0.2) is 0 Å². The first-order valence-corrected chi connectivity index (χ1v) is 9.11. The van der Waals surface area contributed by atoms with Gasteiger partial charge in [-0.15, -0.1) is 0 Å². The summed E-state index contributed by atoms with van der Waals surface area (Å²) in [4.78, 5) is 22.0. The van der Waals surface area contributed by atoms with Crippen molar-refractivity contribution in [2.24, 2.45) is 13.0 Å². The molecule has 0 radical (unpaired) electrons. The summed E-state index contributed by atoms with van der Waals surface area (Å²) in [6, 6.07) is 0.0485. The minimum Gasteiger partial charge on any atom is -0.379 e. The van der Waals surface area contributed by atoms with Gasteiger partial charge in [0.05, 0.1) is 43.3 Å². The van der Waals surface area contributed by atoms with Crippen LogP contribution in [0.15, 0.2) is 12.4 Å². The normalized spacial score (nSPS) is 23.9. The van der Waals surface area contributed by atoms with Crippen LogP contribution in [0.3, 0.4) is 0 Å². The zero-order chi connectivity index (χ0) is 18.3. The number of amides is 1. The van der Waals surface area contributed by atoms with Crippen LogP contribution >= 0.6 is 0 Å². The quantitative estimate of drug-likeness (QED) is 0.875. The fourth-order valence-corrected chi connectivity index (χ4v) is 3.98. The number of carbonyl (C=O) groups excluding carboxylic acids is 1. The standard InChI is InChI=1S/C18H26N6O2/c1-12-13(2)22(3)17(21-12)9-23-6-14-7-24(16(8-23)11-26-10-14)18(25)15-4-19-20-5-15/h4-5,14,16H,6-11H2,1-3H3,(H,19,20)/t14-,16-/m0/s1. The Hall–Kier alpha value is -2.19. The summed E-state index contributed by atoms with van der Waals surface area (Å²) in [5, 5.41) is 6.64. The summed E-state index contributed by atoms with van der Waals surface area (Å²) in [5.41, 5.74) is 2.90. The maximum absolute atomic E-state index is 12.9. The molecule has 0 aliphatic carbocycles. The molecule has 0 spiro atoms. The lowest BCUT2D eigenvalue weighted by atomic mass is 10.1. The van der Waals surface area contributed by atoms with Gasteiger partial charge in [0, 0.05) is 44.5 Å². The van der Waals surface area contributed by atoms with Gasteiger partial charge in [-0.05, 0) is 13.8 Å². The molecule has 4 rings (SSSR count). The van der Waals surface area contributed by atoms with Gasteiger partial charge in [0.2, 0.25) is 0 Å². The molecule has 0 aromatic carbocycles. The number of ether oxygens (including phenoxy) is 1. The second-order valence-electron chi connectivity index (χ2n) is 7.45. The highest BCUT2D eigenvalue weighted by Crippen LogP contribution is 2.23. The first-order valence-electron chi connectivity index (χ1n) is 9.11. The highest BCUT2D eigenvalue weighted by atomic mass is 16.5. The number of imidazole rings is 1. The molecule has 26 heavy (non-hydrogen) atoms. The second kappa shape index (κ2) is 6.85. The smallest absolute Gasteiger partial charge is 0.257 e. The summed E-state index contributed by atoms with van der Waals surface area (Å²) in [6.07, 6.45) is 3.25. The average molecular weight is 358 g/mol. The number of rotatable bonds is 3. The number of hydrogen-bond donors (Lipinski definition) is 1. The van der Waals surface area contributed by atoms with Crippen LogP contribution in [-0.2, 0) is 18.3 Å². The summed E-state index contributed by atoms with van der Waals surface area (Å²) < 4.78 is 8.01. The maximum atomic E-state index is 12.9. The molecule has 8 nitrogen and oxygen atoms in total. The number of carbonyl (C=O) groups is 1. The van der Waals surface area contributed by atoms with Crippen LogP contribution in [0.5, 0.6) is 0 Å². The van der Waals surface area contributed by atoms with Gasteiger partial charge in [0.25, 0.3) is 5.91 Å². The lowest BCUT2D eigenvalue weighted by Crippen LogP contribution is -2.46. The monoisotopic (exact) mass is 358 g/mol. The Morgan fingerprint density at radius 1 is 1.31 bits per heavy atom. The Balaban J connectivity index is 1.54. The molecule has 140 valence electrons. The van der Waals surface area contributed by atoms with Crippen molar-refractivity contribution in [3.63, 3.8) is 0 Å². The highest BCUT2D eigenvalue weighted by Gasteiger charge is 2.36. The van der Waals surface area contributed by atoms with E-state index in [1.807, 2.05) is 4.90 Å². The summed E-state index contributed by atoms with van der Waals surface area (Å²) >= 11 is 0. The molecule has 0 saturated carbocycles. The highest BCUT2D eigenvalue weighted by molar-refractivity contribution is 5.94. The van der Waals surface area contributed by atoms with Gasteiger partial charge in [-0.3, -0.25) is 14.8 Å².